The van der Waals surface area contributed by atoms with E-state index in [0.717, 1.165) is 17.7 Å². The predicted molar refractivity (Wildman–Crippen MR) is 126 cm³/mol. The lowest BCUT2D eigenvalue weighted by atomic mass is 9.82. The fourth-order valence-electron chi connectivity index (χ4n) is 4.97. The molecule has 0 spiro atoms. The van der Waals surface area contributed by atoms with Crippen LogP contribution in [0.3, 0.4) is 0 Å². The third kappa shape index (κ3) is 6.28. The number of hydrogen-bond acceptors (Lipinski definition) is 7. The second-order valence-corrected chi connectivity index (χ2v) is 10.2. The predicted octanol–water partition coefficient (Wildman–Crippen LogP) is 3.06. The number of amides is 4. The summed E-state index contributed by atoms with van der Waals surface area (Å²) < 4.78 is 57.5. The molecule has 2 atom stereocenters. The van der Waals surface area contributed by atoms with E-state index in [2.05, 4.69) is 25.9 Å². The first-order valence-corrected chi connectivity index (χ1v) is 12.7. The molecule has 3 N–H and O–H groups in total. The molecular formula is C24H27F4N7O4. The van der Waals surface area contributed by atoms with Crippen molar-refractivity contribution in [3.8, 4) is 0 Å². The van der Waals surface area contributed by atoms with Crippen molar-refractivity contribution in [3.05, 3.63) is 35.3 Å². The highest BCUT2D eigenvalue weighted by molar-refractivity contribution is 6.00. The number of nitrogens with zero attached hydrogens (tertiary/aromatic N) is 4. The molecule has 0 bridgehead atoms. The summed E-state index contributed by atoms with van der Waals surface area (Å²) in [6.45, 7) is -0.676. The van der Waals surface area contributed by atoms with E-state index >= 15 is 0 Å². The van der Waals surface area contributed by atoms with Crippen LogP contribution in [0.4, 0.5) is 28.2 Å². The molecule has 15 heteroatoms. The van der Waals surface area contributed by atoms with Crippen LogP contribution in [0.5, 0.6) is 0 Å². The molecule has 1 aliphatic heterocycles. The van der Waals surface area contributed by atoms with Gasteiger partial charge in [-0.15, -0.1) is 0 Å². The summed E-state index contributed by atoms with van der Waals surface area (Å²) in [5, 5.41) is 14.8. The highest BCUT2D eigenvalue weighted by atomic mass is 19.4. The average Bonchev–Trinajstić information content (AvgIpc) is 3.49. The molecule has 2 aliphatic carbocycles. The van der Waals surface area contributed by atoms with Gasteiger partial charge in [0, 0.05) is 18.7 Å². The Morgan fingerprint density at radius 2 is 1.90 bits per heavy atom. The van der Waals surface area contributed by atoms with Crippen molar-refractivity contribution in [2.75, 3.05) is 11.9 Å². The van der Waals surface area contributed by atoms with E-state index in [0.29, 0.717) is 24.1 Å². The number of urea groups is 1. The number of carbonyl (C=O) groups is 3. The molecule has 0 aromatic carbocycles. The molecule has 11 nitrogen and oxygen atoms in total. The van der Waals surface area contributed by atoms with Gasteiger partial charge in [-0.1, -0.05) is 5.16 Å². The SMILES string of the molecule is O=C(N[C@H](C(=O)Nc1cc(CN2C[C@@H](C(F)(F)F)NC2=O)ccn1)C1CCC(F)CC1)c1nonc1C1CC1. The molecule has 5 rings (SSSR count). The van der Waals surface area contributed by atoms with E-state index in [1.54, 1.807) is 0 Å². The van der Waals surface area contributed by atoms with Gasteiger partial charge in [0.25, 0.3) is 5.91 Å². The van der Waals surface area contributed by atoms with Crippen LogP contribution >= 0.6 is 0 Å². The Morgan fingerprint density at radius 1 is 1.15 bits per heavy atom. The number of nitrogens with one attached hydrogen (secondary N) is 3. The summed E-state index contributed by atoms with van der Waals surface area (Å²) >= 11 is 0. The fourth-order valence-corrected chi connectivity index (χ4v) is 4.97. The average molecular weight is 554 g/mol. The van der Waals surface area contributed by atoms with Gasteiger partial charge in [0.1, 0.15) is 29.8 Å². The summed E-state index contributed by atoms with van der Waals surface area (Å²) in [6.07, 6.45) is -1.20. The first-order valence-electron chi connectivity index (χ1n) is 12.7. The van der Waals surface area contributed by atoms with Gasteiger partial charge in [0.15, 0.2) is 5.69 Å². The third-order valence-corrected chi connectivity index (χ3v) is 7.27. The molecule has 4 amide bonds. The Labute approximate surface area is 220 Å². The number of rotatable bonds is 8. The molecule has 1 saturated heterocycles. The zero-order chi connectivity index (χ0) is 27.7. The van der Waals surface area contributed by atoms with Gasteiger partial charge >= 0.3 is 12.2 Å². The van der Waals surface area contributed by atoms with Gasteiger partial charge < -0.3 is 20.9 Å². The van der Waals surface area contributed by atoms with Crippen molar-refractivity contribution >= 4 is 23.7 Å². The Kier molecular flexibility index (Phi) is 7.40. The maximum absolute atomic E-state index is 13.8. The lowest BCUT2D eigenvalue weighted by Gasteiger charge is -2.31. The molecule has 210 valence electrons. The normalized spacial score (nSPS) is 24.3. The smallest absolute Gasteiger partial charge is 0.338 e. The third-order valence-electron chi connectivity index (χ3n) is 7.27. The first-order chi connectivity index (χ1) is 18.6. The Balaban J connectivity index is 1.28. The molecule has 3 fully saturated rings. The van der Waals surface area contributed by atoms with Crippen LogP contribution in [-0.2, 0) is 11.3 Å². The quantitative estimate of drug-likeness (QED) is 0.427. The summed E-state index contributed by atoms with van der Waals surface area (Å²) in [5.74, 6) is -1.38. The van der Waals surface area contributed by atoms with E-state index < -0.39 is 48.8 Å². The minimum atomic E-state index is -4.57. The van der Waals surface area contributed by atoms with E-state index in [1.165, 1.54) is 18.3 Å². The summed E-state index contributed by atoms with van der Waals surface area (Å²) in [5.41, 5.74) is 0.891. The van der Waals surface area contributed by atoms with Gasteiger partial charge in [0.05, 0.1) is 6.54 Å². The second kappa shape index (κ2) is 10.8. The molecule has 0 radical (unpaired) electrons. The van der Waals surface area contributed by atoms with Crippen molar-refractivity contribution in [3.63, 3.8) is 0 Å². The second-order valence-electron chi connectivity index (χ2n) is 10.2. The van der Waals surface area contributed by atoms with Crippen molar-refractivity contribution < 1.29 is 36.6 Å². The maximum Gasteiger partial charge on any atom is 0.410 e. The lowest BCUT2D eigenvalue weighted by Crippen LogP contribution is -2.49. The summed E-state index contributed by atoms with van der Waals surface area (Å²) in [7, 11) is 0. The van der Waals surface area contributed by atoms with Crippen molar-refractivity contribution in [1.82, 2.24) is 30.8 Å². The molecular weight excluding hydrogens is 526 g/mol. The van der Waals surface area contributed by atoms with Gasteiger partial charge in [-0.05, 0) is 67.3 Å². The highest BCUT2D eigenvalue weighted by Gasteiger charge is 2.46. The van der Waals surface area contributed by atoms with E-state index in [-0.39, 0.29) is 42.7 Å². The topological polar surface area (TPSA) is 142 Å². The number of aromatic nitrogens is 3. The van der Waals surface area contributed by atoms with Crippen molar-refractivity contribution in [2.24, 2.45) is 5.92 Å². The Bertz CT molecular complexity index is 1230. The highest BCUT2D eigenvalue weighted by Crippen LogP contribution is 2.40. The zero-order valence-electron chi connectivity index (χ0n) is 20.7. The van der Waals surface area contributed by atoms with Gasteiger partial charge in [0.2, 0.25) is 5.91 Å². The van der Waals surface area contributed by atoms with E-state index in [9.17, 15) is 31.9 Å². The minimum absolute atomic E-state index is 0.00986. The number of carbonyl (C=O) groups excluding carboxylic acids is 3. The monoisotopic (exact) mass is 553 g/mol. The molecule has 2 aromatic rings. The summed E-state index contributed by atoms with van der Waals surface area (Å²) in [6, 6.07) is -0.885. The number of halogens is 4. The van der Waals surface area contributed by atoms with Gasteiger partial charge in [-0.2, -0.15) is 13.2 Å². The summed E-state index contributed by atoms with van der Waals surface area (Å²) in [4.78, 5) is 43.5. The van der Waals surface area contributed by atoms with Crippen LogP contribution in [0.2, 0.25) is 0 Å². The molecule has 3 heterocycles. The van der Waals surface area contributed by atoms with Gasteiger partial charge in [-0.3, -0.25) is 9.59 Å². The Hall–Kier alpha value is -3.78. The molecule has 2 saturated carbocycles. The van der Waals surface area contributed by atoms with Crippen LogP contribution < -0.4 is 16.0 Å². The standard InChI is InChI=1S/C24H27F4N7O4/c25-15-5-3-14(4-6-15)19(32-22(37)20-18(13-1-2-13)33-39-34-20)21(36)31-17-9-12(7-8-29-17)10-35-11-16(24(26,27)28)30-23(35)38/h7-9,13-16,19H,1-6,10-11H2,(H,30,38)(H,32,37)(H,29,31,36)/t14?,15?,16-,19-/m0/s1. The van der Waals surface area contributed by atoms with Crippen LogP contribution in [0.1, 0.15) is 66.2 Å². The minimum Gasteiger partial charge on any atom is -0.338 e. The number of pyridine rings is 1. The van der Waals surface area contributed by atoms with Crippen LogP contribution in [0.25, 0.3) is 0 Å². The van der Waals surface area contributed by atoms with Crippen LogP contribution in [0, 0.1) is 5.92 Å². The number of alkyl halides is 4. The fraction of sp³-hybridized carbons (Fsp3) is 0.583. The number of anilines is 1. The maximum atomic E-state index is 13.8. The Morgan fingerprint density at radius 3 is 2.56 bits per heavy atom. The van der Waals surface area contributed by atoms with Crippen molar-refractivity contribution in [2.45, 2.75) is 75.4 Å². The molecule has 3 aliphatic rings. The molecule has 2 aromatic heterocycles. The van der Waals surface area contributed by atoms with Crippen molar-refractivity contribution in [1.29, 1.82) is 0 Å². The molecule has 0 unspecified atom stereocenters. The molecule has 39 heavy (non-hydrogen) atoms. The lowest BCUT2D eigenvalue weighted by molar-refractivity contribution is -0.149. The van der Waals surface area contributed by atoms with Crippen LogP contribution in [-0.4, -0.2) is 69.0 Å². The van der Waals surface area contributed by atoms with E-state index in [1.807, 2.05) is 5.32 Å². The van der Waals surface area contributed by atoms with Crippen LogP contribution in [0.15, 0.2) is 23.0 Å². The van der Waals surface area contributed by atoms with Gasteiger partial charge in [-0.25, -0.2) is 18.8 Å². The zero-order valence-corrected chi connectivity index (χ0v) is 20.7. The largest absolute Gasteiger partial charge is 0.410 e. The number of hydrogen-bond donors (Lipinski definition) is 3. The first kappa shape index (κ1) is 26.8. The van der Waals surface area contributed by atoms with E-state index in [4.69, 9.17) is 4.63 Å².